The van der Waals surface area contributed by atoms with E-state index in [2.05, 4.69) is 10.5 Å². The average Bonchev–Trinajstić information content (AvgIpc) is 3.14. The number of esters is 1. The Morgan fingerprint density at radius 3 is 2.46 bits per heavy atom. The van der Waals surface area contributed by atoms with Gasteiger partial charge in [-0.05, 0) is 26.7 Å². The van der Waals surface area contributed by atoms with Crippen LogP contribution in [0.25, 0.3) is 0 Å². The van der Waals surface area contributed by atoms with E-state index < -0.39 is 36.4 Å². The molecule has 138 valence electrons. The summed E-state index contributed by atoms with van der Waals surface area (Å²) in [6, 6.07) is 0.433. The number of aryl methyl sites for hydroxylation is 1. The van der Waals surface area contributed by atoms with Crippen molar-refractivity contribution < 1.29 is 28.4 Å². The van der Waals surface area contributed by atoms with Crippen molar-refractivity contribution in [2.24, 2.45) is 11.8 Å². The van der Waals surface area contributed by atoms with Crippen molar-refractivity contribution in [1.82, 2.24) is 10.1 Å². The number of amides is 3. The maximum Gasteiger partial charge on any atom is 0.329 e. The molecule has 0 spiro atoms. The Labute approximate surface area is 149 Å². The minimum Gasteiger partial charge on any atom is -0.454 e. The summed E-state index contributed by atoms with van der Waals surface area (Å²) in [7, 11) is 0. The Morgan fingerprint density at radius 1 is 1.31 bits per heavy atom. The molecule has 9 nitrogen and oxygen atoms in total. The Balaban J connectivity index is 1.55. The summed E-state index contributed by atoms with van der Waals surface area (Å²) in [5.41, 5.74) is 0. The van der Waals surface area contributed by atoms with Crippen LogP contribution in [0.3, 0.4) is 0 Å². The number of carbonyl (C=O) groups excluding carboxylic acids is 4. The number of nitrogens with zero attached hydrogens (tertiary/aromatic N) is 2. The van der Waals surface area contributed by atoms with Gasteiger partial charge < -0.3 is 14.6 Å². The van der Waals surface area contributed by atoms with Crippen LogP contribution in [0, 0.1) is 18.8 Å². The first kappa shape index (κ1) is 17.8. The van der Waals surface area contributed by atoms with Gasteiger partial charge >= 0.3 is 5.97 Å². The number of hydrogen-bond donors (Lipinski definition) is 1. The number of allylic oxidation sites excluding steroid dienone is 2. The first-order valence-corrected chi connectivity index (χ1v) is 8.30. The van der Waals surface area contributed by atoms with Gasteiger partial charge in [0.05, 0.1) is 11.8 Å². The number of likely N-dealkylation sites (tertiary alicyclic amines) is 1. The Bertz CT molecular complexity index is 757. The van der Waals surface area contributed by atoms with Gasteiger partial charge in [0.15, 0.2) is 12.4 Å². The van der Waals surface area contributed by atoms with E-state index in [0.717, 1.165) is 4.90 Å². The van der Waals surface area contributed by atoms with Crippen LogP contribution in [0.1, 0.15) is 25.5 Å². The lowest BCUT2D eigenvalue weighted by atomic mass is 9.85. The standard InChI is InChI=1S/C17H19N3O6/c1-9-7-13(19-26-9)18-14(21)8-25-17(24)10(2)20-15(22)11-5-3-4-6-12(11)16(20)23/h3-4,7,10-12H,5-6,8H2,1-2H3,(H,18,19,21)/t10-,11-,12-/m0/s1. The Morgan fingerprint density at radius 2 is 1.92 bits per heavy atom. The van der Waals surface area contributed by atoms with Gasteiger partial charge in [0.25, 0.3) is 5.91 Å². The lowest BCUT2D eigenvalue weighted by molar-refractivity contribution is -0.159. The summed E-state index contributed by atoms with van der Waals surface area (Å²) in [5.74, 6) is -2.25. The van der Waals surface area contributed by atoms with E-state index in [-0.39, 0.29) is 17.6 Å². The largest absolute Gasteiger partial charge is 0.454 e. The highest BCUT2D eigenvalue weighted by atomic mass is 16.5. The van der Waals surface area contributed by atoms with Crippen LogP contribution in [0.4, 0.5) is 5.82 Å². The number of imide groups is 1. The molecule has 2 heterocycles. The van der Waals surface area contributed by atoms with Crippen molar-refractivity contribution in [3.63, 3.8) is 0 Å². The summed E-state index contributed by atoms with van der Waals surface area (Å²) in [5, 5.41) is 6.00. The molecule has 0 unspecified atom stereocenters. The van der Waals surface area contributed by atoms with Gasteiger partial charge in [-0.15, -0.1) is 0 Å². The number of aromatic nitrogens is 1. The van der Waals surface area contributed by atoms with E-state index in [9.17, 15) is 19.2 Å². The first-order valence-electron chi connectivity index (χ1n) is 8.30. The van der Waals surface area contributed by atoms with Crippen molar-refractivity contribution in [3.8, 4) is 0 Å². The number of nitrogens with one attached hydrogen (secondary N) is 1. The molecular formula is C17H19N3O6. The van der Waals surface area contributed by atoms with Crippen LogP contribution in [0.5, 0.6) is 0 Å². The van der Waals surface area contributed by atoms with Crippen molar-refractivity contribution in [1.29, 1.82) is 0 Å². The molecule has 3 rings (SSSR count). The highest BCUT2D eigenvalue weighted by Gasteiger charge is 2.50. The van der Waals surface area contributed by atoms with E-state index >= 15 is 0 Å². The average molecular weight is 361 g/mol. The first-order chi connectivity index (χ1) is 12.4. The second-order valence-electron chi connectivity index (χ2n) is 6.36. The minimum absolute atomic E-state index is 0.207. The smallest absolute Gasteiger partial charge is 0.329 e. The van der Waals surface area contributed by atoms with Crippen LogP contribution < -0.4 is 5.32 Å². The molecule has 1 fully saturated rings. The quantitative estimate of drug-likeness (QED) is 0.468. The number of rotatable bonds is 5. The molecule has 1 N–H and O–H groups in total. The highest BCUT2D eigenvalue weighted by Crippen LogP contribution is 2.36. The number of fused-ring (bicyclic) bond motifs is 1. The summed E-state index contributed by atoms with van der Waals surface area (Å²) >= 11 is 0. The fourth-order valence-corrected chi connectivity index (χ4v) is 3.17. The third kappa shape index (κ3) is 3.37. The van der Waals surface area contributed by atoms with Crippen LogP contribution in [-0.2, 0) is 23.9 Å². The van der Waals surface area contributed by atoms with Gasteiger partial charge in [-0.25, -0.2) is 4.79 Å². The van der Waals surface area contributed by atoms with E-state index in [1.54, 1.807) is 6.92 Å². The SMILES string of the molecule is Cc1cc(NC(=O)COC(=O)[C@H](C)N2C(=O)[C@H]3CC=CC[C@@H]3C2=O)no1. The zero-order valence-electron chi connectivity index (χ0n) is 14.4. The van der Waals surface area contributed by atoms with Crippen molar-refractivity contribution in [3.05, 3.63) is 24.0 Å². The molecule has 0 bridgehead atoms. The number of carbonyl (C=O) groups is 4. The molecule has 0 radical (unpaired) electrons. The van der Waals surface area contributed by atoms with E-state index in [4.69, 9.17) is 9.26 Å². The van der Waals surface area contributed by atoms with Crippen LogP contribution in [-0.4, -0.2) is 46.4 Å². The van der Waals surface area contributed by atoms with E-state index in [0.29, 0.717) is 18.6 Å². The predicted molar refractivity (Wildman–Crippen MR) is 87.5 cm³/mol. The summed E-state index contributed by atoms with van der Waals surface area (Å²) < 4.78 is 9.74. The fourth-order valence-electron chi connectivity index (χ4n) is 3.17. The molecule has 1 saturated heterocycles. The molecule has 1 aliphatic heterocycles. The van der Waals surface area contributed by atoms with Gasteiger partial charge in [0, 0.05) is 6.07 Å². The molecule has 0 saturated carbocycles. The molecule has 0 aromatic carbocycles. The highest BCUT2D eigenvalue weighted by molar-refractivity contribution is 6.08. The number of ether oxygens (including phenoxy) is 1. The molecule has 1 aliphatic carbocycles. The monoisotopic (exact) mass is 361 g/mol. The van der Waals surface area contributed by atoms with Gasteiger partial charge in [-0.2, -0.15) is 0 Å². The topological polar surface area (TPSA) is 119 Å². The zero-order chi connectivity index (χ0) is 18.8. The van der Waals surface area contributed by atoms with E-state index in [1.807, 2.05) is 12.2 Å². The summed E-state index contributed by atoms with van der Waals surface area (Å²) in [4.78, 5) is 49.8. The van der Waals surface area contributed by atoms with E-state index in [1.165, 1.54) is 13.0 Å². The molecule has 1 aromatic heterocycles. The lowest BCUT2D eigenvalue weighted by Crippen LogP contribution is -2.45. The molecular weight excluding hydrogens is 342 g/mol. The summed E-state index contributed by atoms with van der Waals surface area (Å²) in [6.45, 7) is 2.53. The van der Waals surface area contributed by atoms with Gasteiger partial charge in [0.2, 0.25) is 11.8 Å². The summed E-state index contributed by atoms with van der Waals surface area (Å²) in [6.07, 6.45) is 4.73. The fraction of sp³-hybridized carbons (Fsp3) is 0.471. The molecule has 2 aliphatic rings. The Hall–Kier alpha value is -2.97. The zero-order valence-corrected chi connectivity index (χ0v) is 14.4. The normalized spacial score (nSPS) is 22.9. The third-order valence-electron chi connectivity index (χ3n) is 4.51. The maximum atomic E-state index is 12.4. The minimum atomic E-state index is -1.08. The number of hydrogen-bond acceptors (Lipinski definition) is 7. The van der Waals surface area contributed by atoms with Crippen molar-refractivity contribution in [2.45, 2.75) is 32.7 Å². The number of anilines is 1. The second kappa shape index (κ2) is 7.11. The molecule has 3 atom stereocenters. The van der Waals surface area contributed by atoms with Crippen LogP contribution >= 0.6 is 0 Å². The van der Waals surface area contributed by atoms with Crippen molar-refractivity contribution in [2.75, 3.05) is 11.9 Å². The van der Waals surface area contributed by atoms with Gasteiger partial charge in [0.1, 0.15) is 11.8 Å². The molecule has 1 aromatic rings. The molecule has 26 heavy (non-hydrogen) atoms. The van der Waals surface area contributed by atoms with Crippen LogP contribution in [0.15, 0.2) is 22.7 Å². The lowest BCUT2D eigenvalue weighted by Gasteiger charge is -2.21. The van der Waals surface area contributed by atoms with Gasteiger partial charge in [-0.1, -0.05) is 17.3 Å². The van der Waals surface area contributed by atoms with Crippen LogP contribution in [0.2, 0.25) is 0 Å². The second-order valence-corrected chi connectivity index (χ2v) is 6.36. The maximum absolute atomic E-state index is 12.4. The predicted octanol–water partition coefficient (Wildman–Crippen LogP) is 0.804. The van der Waals surface area contributed by atoms with Gasteiger partial charge in [-0.3, -0.25) is 19.3 Å². The molecule has 3 amide bonds. The molecule has 9 heteroatoms. The third-order valence-corrected chi connectivity index (χ3v) is 4.51. The Kier molecular flexibility index (Phi) is 4.88. The van der Waals surface area contributed by atoms with Crippen molar-refractivity contribution >= 4 is 29.5 Å².